The van der Waals surface area contributed by atoms with Crippen molar-refractivity contribution < 1.29 is 9.21 Å². The molecule has 6 nitrogen and oxygen atoms in total. The summed E-state index contributed by atoms with van der Waals surface area (Å²) < 4.78 is 5.18. The third-order valence-corrected chi connectivity index (χ3v) is 4.99. The van der Waals surface area contributed by atoms with Crippen LogP contribution in [0.3, 0.4) is 0 Å². The van der Waals surface area contributed by atoms with Crippen molar-refractivity contribution in [3.63, 3.8) is 0 Å². The van der Waals surface area contributed by atoms with Crippen LogP contribution in [0.2, 0.25) is 0 Å². The minimum Gasteiger partial charge on any atom is -0.459 e. The van der Waals surface area contributed by atoms with Gasteiger partial charge in [0, 0.05) is 31.7 Å². The largest absolute Gasteiger partial charge is 0.459 e. The Morgan fingerprint density at radius 2 is 1.96 bits per heavy atom. The van der Waals surface area contributed by atoms with Gasteiger partial charge in [-0.1, -0.05) is 13.3 Å². The quantitative estimate of drug-likeness (QED) is 0.402. The number of rotatable bonds is 7. The normalized spacial score (nSPS) is 21.0. The Morgan fingerprint density at radius 3 is 2.56 bits per heavy atom. The first kappa shape index (κ1) is 19.3. The highest BCUT2D eigenvalue weighted by atomic mass is 16.3. The second-order valence-electron chi connectivity index (χ2n) is 6.81. The fraction of sp³-hybridized carbons (Fsp3) is 0.684. The molecule has 3 N–H and O–H groups in total. The van der Waals surface area contributed by atoms with Gasteiger partial charge in [0.05, 0.1) is 6.26 Å². The Labute approximate surface area is 150 Å². The maximum atomic E-state index is 11.9. The zero-order valence-electron chi connectivity index (χ0n) is 15.7. The van der Waals surface area contributed by atoms with E-state index in [2.05, 4.69) is 27.9 Å². The smallest absolute Gasteiger partial charge is 0.287 e. The summed E-state index contributed by atoms with van der Waals surface area (Å²) >= 11 is 0. The minimum absolute atomic E-state index is 0.155. The second-order valence-corrected chi connectivity index (χ2v) is 6.81. The van der Waals surface area contributed by atoms with E-state index in [-0.39, 0.29) is 5.91 Å². The summed E-state index contributed by atoms with van der Waals surface area (Å²) in [5.74, 6) is 1.99. The number of hydrogen-bond acceptors (Lipinski definition) is 3. The topological polar surface area (TPSA) is 78.7 Å². The maximum absolute atomic E-state index is 11.9. The number of hydrogen-bond donors (Lipinski definition) is 3. The monoisotopic (exact) mass is 348 g/mol. The van der Waals surface area contributed by atoms with E-state index in [1.165, 1.54) is 38.4 Å². The fourth-order valence-corrected chi connectivity index (χ4v) is 3.29. The number of amides is 1. The summed E-state index contributed by atoms with van der Waals surface area (Å²) in [6.45, 7) is 5.51. The average Bonchev–Trinajstić information content (AvgIpc) is 3.07. The van der Waals surface area contributed by atoms with Crippen LogP contribution >= 0.6 is 0 Å². The minimum atomic E-state index is -0.155. The molecule has 0 aliphatic heterocycles. The van der Waals surface area contributed by atoms with Gasteiger partial charge in [0.25, 0.3) is 5.91 Å². The Kier molecular flexibility index (Phi) is 7.82. The van der Waals surface area contributed by atoms with E-state index in [0.717, 1.165) is 30.4 Å². The molecule has 1 aromatic rings. The number of nitrogens with one attached hydrogen (secondary N) is 3. The highest BCUT2D eigenvalue weighted by Crippen LogP contribution is 2.26. The molecule has 0 saturated heterocycles. The molecular formula is C19H32N4O2. The molecular weight excluding hydrogens is 316 g/mol. The van der Waals surface area contributed by atoms with Crippen molar-refractivity contribution in [2.24, 2.45) is 10.9 Å². The van der Waals surface area contributed by atoms with Crippen molar-refractivity contribution in [3.05, 3.63) is 23.7 Å². The van der Waals surface area contributed by atoms with Crippen molar-refractivity contribution in [1.29, 1.82) is 0 Å². The first-order valence-electron chi connectivity index (χ1n) is 9.43. The maximum Gasteiger partial charge on any atom is 0.287 e. The number of carbonyl (C=O) groups is 1. The van der Waals surface area contributed by atoms with E-state index < -0.39 is 0 Å². The second kappa shape index (κ2) is 10.1. The first-order valence-corrected chi connectivity index (χ1v) is 9.43. The zero-order chi connectivity index (χ0) is 18.1. The van der Waals surface area contributed by atoms with Crippen LogP contribution < -0.4 is 16.0 Å². The van der Waals surface area contributed by atoms with Gasteiger partial charge < -0.3 is 20.4 Å². The molecule has 1 amide bonds. The third kappa shape index (κ3) is 6.11. The van der Waals surface area contributed by atoms with Crippen LogP contribution in [0.25, 0.3) is 0 Å². The van der Waals surface area contributed by atoms with Gasteiger partial charge in [0.15, 0.2) is 11.7 Å². The lowest BCUT2D eigenvalue weighted by Crippen LogP contribution is -2.45. The summed E-state index contributed by atoms with van der Waals surface area (Å²) in [6.07, 6.45) is 8.72. The average molecular weight is 348 g/mol. The highest BCUT2D eigenvalue weighted by molar-refractivity contribution is 5.92. The molecule has 1 fully saturated rings. The van der Waals surface area contributed by atoms with Crippen molar-refractivity contribution in [2.75, 3.05) is 20.1 Å². The van der Waals surface area contributed by atoms with Crippen LogP contribution in [0, 0.1) is 12.8 Å². The van der Waals surface area contributed by atoms with Crippen LogP contribution in [-0.2, 0) is 0 Å². The van der Waals surface area contributed by atoms with E-state index in [1.54, 1.807) is 13.1 Å². The van der Waals surface area contributed by atoms with Crippen molar-refractivity contribution in [3.8, 4) is 0 Å². The predicted octanol–water partition coefficient (Wildman–Crippen LogP) is 2.84. The SMILES string of the molecule is CCC1CCC(NC(=NC)NCCCNC(=O)c2occc2C)CC1. The molecule has 1 saturated carbocycles. The van der Waals surface area contributed by atoms with E-state index in [9.17, 15) is 4.79 Å². The van der Waals surface area contributed by atoms with Gasteiger partial charge in [-0.3, -0.25) is 9.79 Å². The third-order valence-electron chi connectivity index (χ3n) is 4.99. The molecule has 0 atom stereocenters. The molecule has 140 valence electrons. The van der Waals surface area contributed by atoms with E-state index in [1.807, 2.05) is 6.92 Å². The molecule has 2 rings (SSSR count). The molecule has 0 unspecified atom stereocenters. The molecule has 1 aliphatic rings. The predicted molar refractivity (Wildman–Crippen MR) is 101 cm³/mol. The first-order chi connectivity index (χ1) is 12.1. The van der Waals surface area contributed by atoms with Crippen molar-refractivity contribution in [1.82, 2.24) is 16.0 Å². The van der Waals surface area contributed by atoms with Gasteiger partial charge in [0.2, 0.25) is 0 Å². The van der Waals surface area contributed by atoms with Crippen molar-refractivity contribution in [2.45, 2.75) is 58.4 Å². The number of guanidine groups is 1. The zero-order valence-corrected chi connectivity index (χ0v) is 15.7. The summed E-state index contributed by atoms with van der Waals surface area (Å²) in [6, 6.07) is 2.32. The highest BCUT2D eigenvalue weighted by Gasteiger charge is 2.20. The molecule has 1 heterocycles. The molecule has 1 aliphatic carbocycles. The standard InChI is InChI=1S/C19H32N4O2/c1-4-15-6-8-16(9-7-15)23-19(20-3)22-12-5-11-21-18(24)17-14(2)10-13-25-17/h10,13,15-16H,4-9,11-12H2,1-3H3,(H,21,24)(H2,20,22,23). The van der Waals surface area contributed by atoms with E-state index >= 15 is 0 Å². The van der Waals surface area contributed by atoms with E-state index in [0.29, 0.717) is 18.3 Å². The molecule has 1 aromatic heterocycles. The summed E-state index contributed by atoms with van der Waals surface area (Å²) in [7, 11) is 1.80. The van der Waals surface area contributed by atoms with E-state index in [4.69, 9.17) is 4.42 Å². The summed E-state index contributed by atoms with van der Waals surface area (Å²) in [5, 5.41) is 9.72. The lowest BCUT2D eigenvalue weighted by molar-refractivity contribution is 0.0925. The van der Waals surface area contributed by atoms with Crippen LogP contribution in [0.4, 0.5) is 0 Å². The Bertz CT molecular complexity index is 560. The Hall–Kier alpha value is -1.98. The van der Waals surface area contributed by atoms with Gasteiger partial charge in [-0.25, -0.2) is 0 Å². The molecule has 25 heavy (non-hydrogen) atoms. The number of aliphatic imine (C=N–C) groups is 1. The summed E-state index contributed by atoms with van der Waals surface area (Å²) in [5.41, 5.74) is 0.859. The lowest BCUT2D eigenvalue weighted by Gasteiger charge is -2.29. The lowest BCUT2D eigenvalue weighted by atomic mass is 9.84. The van der Waals surface area contributed by atoms with Crippen LogP contribution in [-0.4, -0.2) is 38.0 Å². The van der Waals surface area contributed by atoms with Crippen LogP contribution in [0.15, 0.2) is 21.7 Å². The number of nitrogens with zero attached hydrogens (tertiary/aromatic N) is 1. The van der Waals surface area contributed by atoms with Gasteiger partial charge in [-0.05, 0) is 51.0 Å². The Morgan fingerprint density at radius 1 is 1.24 bits per heavy atom. The summed E-state index contributed by atoms with van der Waals surface area (Å²) in [4.78, 5) is 16.2. The molecule has 0 aromatic carbocycles. The number of furan rings is 1. The number of aryl methyl sites for hydroxylation is 1. The Balaban J connectivity index is 1.60. The van der Waals surface area contributed by atoms with Crippen LogP contribution in [0.1, 0.15) is 61.6 Å². The van der Waals surface area contributed by atoms with Gasteiger partial charge in [-0.15, -0.1) is 0 Å². The molecule has 0 spiro atoms. The van der Waals surface area contributed by atoms with Gasteiger partial charge in [0.1, 0.15) is 0 Å². The molecule has 6 heteroatoms. The fourth-order valence-electron chi connectivity index (χ4n) is 3.29. The van der Waals surface area contributed by atoms with Crippen molar-refractivity contribution >= 4 is 11.9 Å². The van der Waals surface area contributed by atoms with Gasteiger partial charge in [-0.2, -0.15) is 0 Å². The van der Waals surface area contributed by atoms with Gasteiger partial charge >= 0.3 is 0 Å². The molecule has 0 radical (unpaired) electrons. The number of carbonyl (C=O) groups excluding carboxylic acids is 1. The van der Waals surface area contributed by atoms with Crippen LogP contribution in [0.5, 0.6) is 0 Å². The molecule has 0 bridgehead atoms.